The number of halogens is 3. The first-order valence-corrected chi connectivity index (χ1v) is 2.84. The predicted molar refractivity (Wildman–Crippen MR) is 29.2 cm³/mol. The second-order valence-electron chi connectivity index (χ2n) is 1.81. The van der Waals surface area contributed by atoms with Crippen molar-refractivity contribution in [1.29, 1.82) is 0 Å². The molecule has 0 saturated heterocycles. The standard InChI is InChI=1S/C5H7F3O3/c1-2-3(6)5(7,8)11-4(9)10/h3H,2H2,1H3,(H,9,10). The van der Waals surface area contributed by atoms with Crippen LogP contribution < -0.4 is 0 Å². The number of carbonyl (C=O) groups is 1. The zero-order chi connectivity index (χ0) is 9.07. The first-order chi connectivity index (χ1) is 4.90. The molecule has 0 aliphatic carbocycles. The van der Waals surface area contributed by atoms with Gasteiger partial charge in [0, 0.05) is 0 Å². The van der Waals surface area contributed by atoms with Crippen molar-refractivity contribution in [2.45, 2.75) is 25.6 Å². The van der Waals surface area contributed by atoms with Gasteiger partial charge >= 0.3 is 12.3 Å². The Morgan fingerprint density at radius 2 is 2.18 bits per heavy atom. The van der Waals surface area contributed by atoms with Gasteiger partial charge in [-0.15, -0.1) is 0 Å². The number of hydrogen-bond acceptors (Lipinski definition) is 2. The van der Waals surface area contributed by atoms with E-state index in [9.17, 15) is 18.0 Å². The van der Waals surface area contributed by atoms with Crippen LogP contribution in [0.5, 0.6) is 0 Å². The van der Waals surface area contributed by atoms with Crippen LogP contribution in [0.3, 0.4) is 0 Å². The van der Waals surface area contributed by atoms with Crippen molar-refractivity contribution in [3.63, 3.8) is 0 Å². The summed E-state index contributed by atoms with van der Waals surface area (Å²) < 4.78 is 39.3. The molecule has 0 aliphatic rings. The lowest BCUT2D eigenvalue weighted by Crippen LogP contribution is -2.34. The summed E-state index contributed by atoms with van der Waals surface area (Å²) in [4.78, 5) is 9.57. The highest BCUT2D eigenvalue weighted by molar-refractivity contribution is 5.57. The molecule has 0 heterocycles. The topological polar surface area (TPSA) is 46.5 Å². The molecular weight excluding hydrogens is 165 g/mol. The van der Waals surface area contributed by atoms with Crippen LogP contribution in [0.15, 0.2) is 0 Å². The summed E-state index contributed by atoms with van der Waals surface area (Å²) in [6, 6.07) is 0. The molecule has 0 spiro atoms. The number of carboxylic acid groups (broad SMARTS) is 1. The number of hydrogen-bond donors (Lipinski definition) is 1. The SMILES string of the molecule is CCC(F)C(F)(F)OC(=O)O. The zero-order valence-electron chi connectivity index (χ0n) is 5.68. The lowest BCUT2D eigenvalue weighted by molar-refractivity contribution is -0.245. The molecule has 1 N–H and O–H groups in total. The molecule has 6 heteroatoms. The summed E-state index contributed by atoms with van der Waals surface area (Å²) in [5.41, 5.74) is 0. The molecular formula is C5H7F3O3. The van der Waals surface area contributed by atoms with Gasteiger partial charge in [0.1, 0.15) is 0 Å². The first kappa shape index (κ1) is 10.1. The summed E-state index contributed by atoms with van der Waals surface area (Å²) in [6.07, 6.45) is -9.51. The van der Waals surface area contributed by atoms with Gasteiger partial charge in [-0.25, -0.2) is 9.18 Å². The Morgan fingerprint density at radius 1 is 1.73 bits per heavy atom. The fourth-order valence-electron chi connectivity index (χ4n) is 0.418. The quantitative estimate of drug-likeness (QED) is 0.662. The van der Waals surface area contributed by atoms with E-state index < -0.39 is 24.9 Å². The summed E-state index contributed by atoms with van der Waals surface area (Å²) in [5, 5.41) is 7.72. The largest absolute Gasteiger partial charge is 0.510 e. The smallest absolute Gasteiger partial charge is 0.450 e. The maximum atomic E-state index is 12.1. The maximum absolute atomic E-state index is 12.1. The number of ether oxygens (including phenoxy) is 1. The van der Waals surface area contributed by atoms with Crippen LogP contribution in [0, 0.1) is 0 Å². The fraction of sp³-hybridized carbons (Fsp3) is 0.800. The van der Waals surface area contributed by atoms with Gasteiger partial charge in [-0.3, -0.25) is 0 Å². The van der Waals surface area contributed by atoms with Crippen LogP contribution in [0.4, 0.5) is 18.0 Å². The number of rotatable bonds is 3. The Hall–Kier alpha value is -0.940. The molecule has 0 radical (unpaired) electrons. The summed E-state index contributed by atoms with van der Waals surface area (Å²) in [6.45, 7) is 1.16. The lowest BCUT2D eigenvalue weighted by atomic mass is 10.3. The third-order valence-electron chi connectivity index (χ3n) is 0.946. The van der Waals surface area contributed by atoms with E-state index in [1.165, 1.54) is 0 Å². The number of alkyl halides is 3. The Labute approximate surface area is 60.8 Å². The van der Waals surface area contributed by atoms with E-state index >= 15 is 0 Å². The average Bonchev–Trinajstić information content (AvgIpc) is 1.83. The molecule has 3 nitrogen and oxygen atoms in total. The minimum absolute atomic E-state index is 0.500. The summed E-state index contributed by atoms with van der Waals surface area (Å²) in [5.74, 6) is 0. The Morgan fingerprint density at radius 3 is 2.45 bits per heavy atom. The molecule has 0 aliphatic heterocycles. The van der Waals surface area contributed by atoms with E-state index in [2.05, 4.69) is 4.74 Å². The molecule has 1 unspecified atom stereocenters. The van der Waals surface area contributed by atoms with Crippen LogP contribution in [-0.2, 0) is 4.74 Å². The Balaban J connectivity index is 4.08. The molecule has 0 rings (SSSR count). The van der Waals surface area contributed by atoms with E-state index in [-0.39, 0.29) is 0 Å². The maximum Gasteiger partial charge on any atom is 0.510 e. The normalized spacial score (nSPS) is 14.2. The molecule has 1 atom stereocenters. The molecule has 0 aromatic carbocycles. The molecule has 0 aromatic rings. The minimum Gasteiger partial charge on any atom is -0.450 e. The molecule has 0 bridgehead atoms. The van der Waals surface area contributed by atoms with E-state index in [0.717, 1.165) is 6.92 Å². The lowest BCUT2D eigenvalue weighted by Gasteiger charge is -2.16. The van der Waals surface area contributed by atoms with Crippen molar-refractivity contribution in [2.75, 3.05) is 0 Å². The monoisotopic (exact) mass is 172 g/mol. The second kappa shape index (κ2) is 3.45. The van der Waals surface area contributed by atoms with E-state index in [0.29, 0.717) is 0 Å². The Bertz CT molecular complexity index is 148. The van der Waals surface area contributed by atoms with Crippen molar-refractivity contribution in [3.8, 4) is 0 Å². The van der Waals surface area contributed by atoms with Gasteiger partial charge in [0.15, 0.2) is 0 Å². The molecule has 11 heavy (non-hydrogen) atoms. The van der Waals surface area contributed by atoms with E-state index in [1.807, 2.05) is 0 Å². The van der Waals surface area contributed by atoms with Crippen LogP contribution in [0.2, 0.25) is 0 Å². The van der Waals surface area contributed by atoms with Crippen molar-refractivity contribution in [3.05, 3.63) is 0 Å². The van der Waals surface area contributed by atoms with Crippen LogP contribution in [-0.4, -0.2) is 23.5 Å². The van der Waals surface area contributed by atoms with Gasteiger partial charge in [0.2, 0.25) is 6.17 Å². The van der Waals surface area contributed by atoms with E-state index in [4.69, 9.17) is 5.11 Å². The minimum atomic E-state index is -4.24. The van der Waals surface area contributed by atoms with Crippen LogP contribution in [0.25, 0.3) is 0 Å². The van der Waals surface area contributed by atoms with Gasteiger partial charge in [-0.1, -0.05) is 6.92 Å². The first-order valence-electron chi connectivity index (χ1n) is 2.84. The van der Waals surface area contributed by atoms with Crippen molar-refractivity contribution < 1.29 is 27.8 Å². The highest BCUT2D eigenvalue weighted by atomic mass is 19.3. The van der Waals surface area contributed by atoms with Crippen molar-refractivity contribution in [2.24, 2.45) is 0 Å². The third kappa shape index (κ3) is 3.10. The molecule has 0 aromatic heterocycles. The van der Waals surface area contributed by atoms with Gasteiger partial charge in [0.05, 0.1) is 0 Å². The fourth-order valence-corrected chi connectivity index (χ4v) is 0.418. The molecule has 0 fully saturated rings. The van der Waals surface area contributed by atoms with Gasteiger partial charge in [0.25, 0.3) is 0 Å². The second-order valence-corrected chi connectivity index (χ2v) is 1.81. The summed E-state index contributed by atoms with van der Waals surface area (Å²) in [7, 11) is 0. The Kier molecular flexibility index (Phi) is 3.16. The predicted octanol–water partition coefficient (Wildman–Crippen LogP) is 2.02. The van der Waals surface area contributed by atoms with Gasteiger partial charge < -0.3 is 9.84 Å². The molecule has 0 amide bonds. The van der Waals surface area contributed by atoms with E-state index in [1.54, 1.807) is 0 Å². The van der Waals surface area contributed by atoms with Gasteiger partial charge in [-0.05, 0) is 6.42 Å². The summed E-state index contributed by atoms with van der Waals surface area (Å²) >= 11 is 0. The van der Waals surface area contributed by atoms with Crippen LogP contribution in [0.1, 0.15) is 13.3 Å². The molecule has 0 saturated carbocycles. The van der Waals surface area contributed by atoms with Crippen molar-refractivity contribution >= 4 is 6.16 Å². The van der Waals surface area contributed by atoms with Crippen LogP contribution >= 0.6 is 0 Å². The van der Waals surface area contributed by atoms with Crippen molar-refractivity contribution in [1.82, 2.24) is 0 Å². The highest BCUT2D eigenvalue weighted by Crippen LogP contribution is 2.25. The zero-order valence-corrected chi connectivity index (χ0v) is 5.68. The van der Waals surface area contributed by atoms with Gasteiger partial charge in [-0.2, -0.15) is 8.78 Å². The third-order valence-corrected chi connectivity index (χ3v) is 0.946. The molecule has 66 valence electrons. The average molecular weight is 172 g/mol. The highest BCUT2D eigenvalue weighted by Gasteiger charge is 2.43.